The number of pyridine rings is 1. The number of aliphatic hydroxyl groups is 3. The number of rotatable bonds is 4. The van der Waals surface area contributed by atoms with Gasteiger partial charge in [0, 0.05) is 21.3 Å². The average molecular weight is 439 g/mol. The number of aliphatic hydroxyl groups excluding tert-OH is 3. The summed E-state index contributed by atoms with van der Waals surface area (Å²) in [6.45, 7) is 0. The molecule has 5 atom stereocenters. The largest absolute Gasteiger partial charge is 0.460 e. The van der Waals surface area contributed by atoms with E-state index >= 15 is 0 Å². The first-order valence-electron chi connectivity index (χ1n) is 8.50. The molecule has 1 saturated heterocycles. The fourth-order valence-corrected chi connectivity index (χ4v) is 4.84. The molecule has 4 N–H and O–H groups in total. The van der Waals surface area contributed by atoms with Crippen LogP contribution >= 0.6 is 11.3 Å². The van der Waals surface area contributed by atoms with Gasteiger partial charge in [-0.3, -0.25) is 9.54 Å². The number of benzene rings is 1. The quantitative estimate of drug-likeness (QED) is 0.437. The maximum atomic E-state index is 11.4. The second kappa shape index (κ2) is 7.61. The van der Waals surface area contributed by atoms with Gasteiger partial charge in [-0.2, -0.15) is 8.42 Å². The van der Waals surface area contributed by atoms with Crippen molar-refractivity contribution < 1.29 is 37.8 Å². The van der Waals surface area contributed by atoms with E-state index in [2.05, 4.69) is 4.98 Å². The highest BCUT2D eigenvalue weighted by molar-refractivity contribution is 7.86. The molecule has 0 aliphatic carbocycles. The van der Waals surface area contributed by atoms with Crippen molar-refractivity contribution in [2.45, 2.75) is 30.0 Å². The Morgan fingerprint density at radius 1 is 1.03 bits per heavy atom. The normalized spacial score (nSPS) is 27.8. The van der Waals surface area contributed by atoms with E-state index in [9.17, 15) is 28.3 Å². The van der Waals surface area contributed by atoms with E-state index in [-0.39, 0.29) is 5.75 Å². The Labute approximate surface area is 169 Å². The van der Waals surface area contributed by atoms with Crippen molar-refractivity contribution in [1.29, 1.82) is 0 Å². The molecule has 3 heterocycles. The average Bonchev–Trinajstić information content (AvgIpc) is 3.12. The zero-order valence-electron chi connectivity index (χ0n) is 14.7. The molecule has 1 aliphatic rings. The van der Waals surface area contributed by atoms with Crippen LogP contribution in [-0.4, -0.2) is 63.3 Å². The van der Waals surface area contributed by atoms with Crippen LogP contribution in [0, 0.1) is 0 Å². The molecule has 4 rings (SSSR count). The molecule has 29 heavy (non-hydrogen) atoms. The van der Waals surface area contributed by atoms with Gasteiger partial charge in [0.25, 0.3) is 10.1 Å². The fraction of sp³-hybridized carbons (Fsp3) is 0.278. The van der Waals surface area contributed by atoms with Gasteiger partial charge < -0.3 is 24.8 Å². The first-order valence-corrected chi connectivity index (χ1v) is 10.8. The van der Waals surface area contributed by atoms with E-state index in [1.807, 2.05) is 30.3 Å². The third kappa shape index (κ3) is 3.98. The Morgan fingerprint density at radius 3 is 2.52 bits per heavy atom. The van der Waals surface area contributed by atoms with Crippen LogP contribution in [0.4, 0.5) is 0 Å². The molecule has 2 aromatic heterocycles. The molecule has 1 fully saturated rings. The van der Waals surface area contributed by atoms with Crippen LogP contribution in [-0.2, 0) is 14.9 Å². The van der Waals surface area contributed by atoms with Crippen molar-refractivity contribution in [2.75, 3.05) is 0 Å². The predicted octanol–water partition coefficient (Wildman–Crippen LogP) is 0.995. The smallest absolute Gasteiger partial charge is 0.295 e. The minimum absolute atomic E-state index is 0.140. The Bertz CT molecular complexity index is 1100. The van der Waals surface area contributed by atoms with Crippen LogP contribution in [0.25, 0.3) is 20.5 Å². The van der Waals surface area contributed by atoms with Crippen LogP contribution in [0.5, 0.6) is 5.75 Å². The van der Waals surface area contributed by atoms with Crippen molar-refractivity contribution in [2.24, 2.45) is 0 Å². The molecular formula is C18H17NO8S2. The van der Waals surface area contributed by atoms with Crippen molar-refractivity contribution >= 4 is 31.5 Å². The Hall–Kier alpha value is -2.12. The Kier molecular flexibility index (Phi) is 5.29. The lowest BCUT2D eigenvalue weighted by Crippen LogP contribution is -2.61. The van der Waals surface area contributed by atoms with E-state index in [1.165, 1.54) is 6.20 Å². The summed E-state index contributed by atoms with van der Waals surface area (Å²) in [5.74, 6) is 0.140. The zero-order valence-corrected chi connectivity index (χ0v) is 16.3. The molecule has 1 aliphatic heterocycles. The van der Waals surface area contributed by atoms with Gasteiger partial charge in [-0.05, 0) is 23.6 Å². The maximum absolute atomic E-state index is 11.4. The molecule has 3 aromatic rings. The summed E-state index contributed by atoms with van der Waals surface area (Å²) in [5, 5.41) is 30.8. The van der Waals surface area contributed by atoms with Crippen molar-refractivity contribution in [3.8, 4) is 16.2 Å². The number of hydrogen-bond donors (Lipinski definition) is 4. The topological polar surface area (TPSA) is 146 Å². The first-order chi connectivity index (χ1) is 13.7. The van der Waals surface area contributed by atoms with Crippen LogP contribution in [0.1, 0.15) is 0 Å². The number of thiophene rings is 1. The number of hydrogen-bond acceptors (Lipinski definition) is 9. The van der Waals surface area contributed by atoms with Gasteiger partial charge in [-0.1, -0.05) is 18.2 Å². The van der Waals surface area contributed by atoms with Gasteiger partial charge >= 0.3 is 0 Å². The van der Waals surface area contributed by atoms with Gasteiger partial charge in [0.15, 0.2) is 0 Å². The van der Waals surface area contributed by atoms with Gasteiger partial charge in [0.2, 0.25) is 11.7 Å². The Morgan fingerprint density at radius 2 is 1.79 bits per heavy atom. The zero-order chi connectivity index (χ0) is 20.8. The number of ether oxygens (including phenoxy) is 2. The van der Waals surface area contributed by atoms with Crippen molar-refractivity contribution in [3.05, 3.63) is 48.8 Å². The van der Waals surface area contributed by atoms with Crippen LogP contribution in [0.2, 0.25) is 0 Å². The summed E-state index contributed by atoms with van der Waals surface area (Å²) in [6.07, 6.45) is -4.40. The molecule has 0 amide bonds. The second-order valence-corrected chi connectivity index (χ2v) is 9.11. The monoisotopic (exact) mass is 439 g/mol. The van der Waals surface area contributed by atoms with Crippen LogP contribution in [0.15, 0.2) is 48.8 Å². The lowest BCUT2D eigenvalue weighted by atomic mass is 10.1. The summed E-state index contributed by atoms with van der Waals surface area (Å²) in [4.78, 5) is 5.01. The number of fused-ring (bicyclic) bond motifs is 1. The molecular weight excluding hydrogens is 422 g/mol. The first kappa shape index (κ1) is 20.2. The molecule has 154 valence electrons. The minimum Gasteiger partial charge on any atom is -0.460 e. The van der Waals surface area contributed by atoms with E-state index in [0.29, 0.717) is 0 Å². The highest BCUT2D eigenvalue weighted by Crippen LogP contribution is 2.35. The van der Waals surface area contributed by atoms with E-state index in [1.54, 1.807) is 23.6 Å². The molecule has 1 aromatic carbocycles. The van der Waals surface area contributed by atoms with Crippen molar-refractivity contribution in [3.63, 3.8) is 0 Å². The fourth-order valence-electron chi connectivity index (χ4n) is 3.04. The van der Waals surface area contributed by atoms with E-state index < -0.39 is 40.2 Å². The number of nitrogens with zero attached hydrogens (tertiary/aromatic N) is 1. The molecule has 11 heteroatoms. The van der Waals surface area contributed by atoms with Crippen molar-refractivity contribution in [1.82, 2.24) is 4.98 Å². The van der Waals surface area contributed by atoms with Crippen LogP contribution < -0.4 is 4.74 Å². The van der Waals surface area contributed by atoms with Gasteiger partial charge in [-0.25, -0.2) is 0 Å². The third-order valence-electron chi connectivity index (χ3n) is 4.49. The summed E-state index contributed by atoms with van der Waals surface area (Å²) in [6, 6.07) is 11.5. The molecule has 0 bridgehead atoms. The summed E-state index contributed by atoms with van der Waals surface area (Å²) < 4.78 is 43.5. The molecule has 1 unspecified atom stereocenters. The summed E-state index contributed by atoms with van der Waals surface area (Å²) in [5.41, 5.74) is -1.44. The summed E-state index contributed by atoms with van der Waals surface area (Å²) >= 11 is 1.55. The minimum atomic E-state index is -4.86. The molecule has 9 nitrogen and oxygen atoms in total. The predicted molar refractivity (Wildman–Crippen MR) is 104 cm³/mol. The highest BCUT2D eigenvalue weighted by atomic mass is 32.2. The van der Waals surface area contributed by atoms with E-state index in [0.717, 1.165) is 20.5 Å². The van der Waals surface area contributed by atoms with Gasteiger partial charge in [0.1, 0.15) is 24.1 Å². The summed E-state index contributed by atoms with van der Waals surface area (Å²) in [7, 11) is -4.86. The lowest BCUT2D eigenvalue weighted by Gasteiger charge is -2.38. The highest BCUT2D eigenvalue weighted by Gasteiger charge is 2.50. The second-order valence-electron chi connectivity index (χ2n) is 6.54. The van der Waals surface area contributed by atoms with Gasteiger partial charge in [-0.15, -0.1) is 11.3 Å². The number of aromatic nitrogens is 1. The standard InChI is InChI=1S/C18H17NO8S2/c20-14-15(21)17(27-18(16(14)22)29(23,24)25)26-11-5-10(7-19-8-11)13-6-9-3-1-2-4-12(9)28-13/h1-8,14-18,20-22H,(H,23,24,25)/t14-,15-,16+,17-,18?/m1/s1. The SMILES string of the molecule is O=S(=O)(O)C1O[C@@H](Oc2cncc(-c3cc4ccccc4s3)c2)[C@H](O)[C@@H](O)[C@@H]1O. The molecule has 0 radical (unpaired) electrons. The van der Waals surface area contributed by atoms with Gasteiger partial charge in [0.05, 0.1) is 6.20 Å². The lowest BCUT2D eigenvalue weighted by molar-refractivity contribution is -0.254. The van der Waals surface area contributed by atoms with E-state index in [4.69, 9.17) is 9.47 Å². The third-order valence-corrected chi connectivity index (χ3v) is 6.64. The Balaban J connectivity index is 1.60. The molecule has 0 saturated carbocycles. The molecule has 0 spiro atoms. The van der Waals surface area contributed by atoms with Crippen LogP contribution in [0.3, 0.4) is 0 Å². The maximum Gasteiger partial charge on any atom is 0.295 e.